The Balaban J connectivity index is 0.000000652. The maximum Gasteiger partial charge on any atom is 0.323 e. The average molecular weight is 1880 g/mol. The lowest BCUT2D eigenvalue weighted by Gasteiger charge is -2.36. The number of esters is 8. The number of ether oxygens (including phenoxy) is 8. The van der Waals surface area contributed by atoms with Gasteiger partial charge >= 0.3 is 47.8 Å². The van der Waals surface area contributed by atoms with Crippen LogP contribution >= 0.6 is 0 Å². The van der Waals surface area contributed by atoms with Crippen molar-refractivity contribution in [1.82, 2.24) is 39.2 Å². The highest BCUT2D eigenvalue weighted by molar-refractivity contribution is 5.80. The maximum atomic E-state index is 14.4. The van der Waals surface area contributed by atoms with Crippen molar-refractivity contribution in [3.8, 4) is 0 Å². The zero-order valence-electron chi connectivity index (χ0n) is 87.9. The van der Waals surface area contributed by atoms with Crippen LogP contribution < -0.4 is 0 Å². The molecule has 16 atom stereocenters. The maximum absolute atomic E-state index is 14.4. The van der Waals surface area contributed by atoms with Crippen LogP contribution in [0.3, 0.4) is 0 Å². The van der Waals surface area contributed by atoms with Gasteiger partial charge in [0.05, 0.1) is 0 Å². The number of carbonyl (C=O) groups excluding carboxylic acids is 8. The molecule has 6 rings (SSSR count). The number of nitrogens with zero attached hydrogens (tertiary/aromatic N) is 9. The van der Waals surface area contributed by atoms with Crippen molar-refractivity contribution in [3.63, 3.8) is 0 Å². The van der Waals surface area contributed by atoms with E-state index in [2.05, 4.69) is 111 Å². The van der Waals surface area contributed by atoms with Gasteiger partial charge in [-0.2, -0.15) is 0 Å². The third kappa shape index (κ3) is 46.7. The van der Waals surface area contributed by atoms with Crippen molar-refractivity contribution in [1.29, 1.82) is 0 Å². The molecule has 2 fully saturated rings. The van der Waals surface area contributed by atoms with Crippen molar-refractivity contribution in [2.75, 3.05) is 116 Å². The van der Waals surface area contributed by atoms with Crippen LogP contribution in [-0.4, -0.2) is 305 Å². The molecule has 4 aromatic carbocycles. The minimum Gasteiger partial charge on any atom is -0.460 e. The summed E-state index contributed by atoms with van der Waals surface area (Å²) < 4.78 is 50.8. The molecule has 0 unspecified atom stereocenters. The smallest absolute Gasteiger partial charge is 0.323 e. The first-order valence-corrected chi connectivity index (χ1v) is 49.5. The topological polar surface area (TPSA) is 279 Å². The molecular formula is C107H177N9O18. The summed E-state index contributed by atoms with van der Waals surface area (Å²) in [5.74, 6) is -1.46. The van der Waals surface area contributed by atoms with Crippen LogP contribution in [0.15, 0.2) is 121 Å². The number of rotatable bonds is 24. The molecule has 2 heterocycles. The number of benzene rings is 4. The van der Waals surface area contributed by atoms with Gasteiger partial charge in [0.15, 0.2) is 7.05 Å². The molecule has 4 aromatic rings. The Morgan fingerprint density at radius 3 is 0.500 bits per heavy atom. The molecular weight excluding hydrogens is 1700 g/mol. The van der Waals surface area contributed by atoms with E-state index in [9.17, 15) is 38.4 Å². The van der Waals surface area contributed by atoms with Crippen LogP contribution in [0.1, 0.15) is 226 Å². The quantitative estimate of drug-likeness (QED) is 0.0273. The first kappa shape index (κ1) is 120. The summed E-state index contributed by atoms with van der Waals surface area (Å²) in [4.78, 5) is 138. The Kier molecular flexibility index (Phi) is 55.9. The highest BCUT2D eigenvalue weighted by Crippen LogP contribution is 2.28. The molecule has 758 valence electrons. The van der Waals surface area contributed by atoms with E-state index in [4.69, 9.17) is 48.0 Å². The summed E-state index contributed by atoms with van der Waals surface area (Å²) in [7, 11) is 15.9. The summed E-state index contributed by atoms with van der Waals surface area (Å²) in [6.07, 6.45) is 1.66. The summed E-state index contributed by atoms with van der Waals surface area (Å²) in [5.41, 5.74) is 4.05. The highest BCUT2D eigenvalue weighted by atomic mass is 16.6. The summed E-state index contributed by atoms with van der Waals surface area (Å²) in [5, 5.41) is 8.81. The Morgan fingerprint density at radius 1 is 0.254 bits per heavy atom. The first-order valence-electron chi connectivity index (χ1n) is 49.5. The lowest BCUT2D eigenvalue weighted by molar-refractivity contribution is -0.445. The Morgan fingerprint density at radius 2 is 0.373 bits per heavy atom. The SMILES string of the molecule is CC.CC(C)C[C@H]1C(=O)O[C@H](Cc2ccccc2)CN(C)[C@@H](CC(C)C)C(=O)O[C@H](C)CN(C)[C@@H](CC(C)C)C(=O)O[C@H](Cc2ccccc2)CN(C)[C@@H](CC(C)C)C(=O)O[C@H](C)CN1C.CC(C)C[C@H]1C(=O)O[C@H](Cc2ccccc2)CN(C)[C@@H](CC(C)C)C(=O)O[C@H](C)CN(C)[C@@H](CC(C)C)C(=O)O[C@H](Cc2ccccc2)CN(C)[C@@H](CC(C)C)C(=O)O[C@H](C)CN1C.C[N+](=O)[O-]. The van der Waals surface area contributed by atoms with Gasteiger partial charge in [-0.05, 0) is 205 Å². The van der Waals surface area contributed by atoms with Crippen molar-refractivity contribution in [2.24, 2.45) is 47.3 Å². The van der Waals surface area contributed by atoms with Gasteiger partial charge in [0.2, 0.25) is 0 Å². The number of likely N-dealkylation sites (N-methyl/N-ethyl adjacent to an activating group) is 8. The number of cyclic esters (lactones) is 8. The second-order valence-corrected chi connectivity index (χ2v) is 41.1. The van der Waals surface area contributed by atoms with Crippen molar-refractivity contribution in [3.05, 3.63) is 154 Å². The average Bonchev–Trinajstić information content (AvgIpc) is 0.844. The van der Waals surface area contributed by atoms with E-state index in [1.165, 1.54) is 0 Å². The van der Waals surface area contributed by atoms with Crippen molar-refractivity contribution in [2.45, 2.75) is 327 Å². The molecule has 27 nitrogen and oxygen atoms in total. The molecule has 0 amide bonds. The van der Waals surface area contributed by atoms with Crippen LogP contribution in [0.2, 0.25) is 0 Å². The minimum absolute atomic E-state index is 0.175. The molecule has 0 aliphatic carbocycles. The molecule has 2 saturated heterocycles. The largest absolute Gasteiger partial charge is 0.460 e. The molecule has 0 saturated carbocycles. The lowest BCUT2D eigenvalue weighted by atomic mass is 10.0. The summed E-state index contributed by atoms with van der Waals surface area (Å²) in [6.45, 7) is 47.0. The van der Waals surface area contributed by atoms with Crippen LogP contribution in [0.4, 0.5) is 0 Å². The molecule has 0 spiro atoms. The third-order valence-electron chi connectivity index (χ3n) is 23.8. The van der Waals surface area contributed by atoms with E-state index < -0.39 is 102 Å². The zero-order valence-corrected chi connectivity index (χ0v) is 87.9. The molecule has 2 aliphatic heterocycles. The van der Waals surface area contributed by atoms with Gasteiger partial charge < -0.3 is 37.9 Å². The summed E-state index contributed by atoms with van der Waals surface area (Å²) >= 11 is 0. The van der Waals surface area contributed by atoms with E-state index in [-0.39, 0.29) is 95.1 Å². The Bertz CT molecular complexity index is 3460. The highest BCUT2D eigenvalue weighted by Gasteiger charge is 2.41. The Labute approximate surface area is 807 Å². The van der Waals surface area contributed by atoms with Gasteiger partial charge in [0, 0.05) is 83.0 Å². The second-order valence-electron chi connectivity index (χ2n) is 41.1. The van der Waals surface area contributed by atoms with E-state index in [0.717, 1.165) is 29.3 Å². The van der Waals surface area contributed by atoms with Gasteiger partial charge in [-0.3, -0.25) is 87.7 Å². The number of carbonyl (C=O) groups is 8. The van der Waals surface area contributed by atoms with Crippen LogP contribution in [0.25, 0.3) is 0 Å². The molecule has 2 aliphatic rings. The molecule has 27 heteroatoms. The van der Waals surface area contributed by atoms with E-state index in [1.807, 2.05) is 258 Å². The van der Waals surface area contributed by atoms with Crippen LogP contribution in [0, 0.1) is 57.5 Å². The third-order valence-corrected chi connectivity index (χ3v) is 23.8. The van der Waals surface area contributed by atoms with Gasteiger partial charge in [0.1, 0.15) is 97.2 Å². The minimum atomic E-state index is -0.605. The number of hydrogen-bond donors (Lipinski definition) is 0. The van der Waals surface area contributed by atoms with E-state index in [0.29, 0.717) is 129 Å². The predicted molar refractivity (Wildman–Crippen MR) is 534 cm³/mol. The monoisotopic (exact) mass is 1880 g/mol. The summed E-state index contributed by atoms with van der Waals surface area (Å²) in [6, 6.07) is 34.8. The van der Waals surface area contributed by atoms with Gasteiger partial charge in [-0.25, -0.2) is 0 Å². The van der Waals surface area contributed by atoms with Gasteiger partial charge in [-0.15, -0.1) is 0 Å². The van der Waals surface area contributed by atoms with Crippen molar-refractivity contribution < 1.29 is 81.2 Å². The number of nitro groups is 1. The fourth-order valence-electron chi connectivity index (χ4n) is 17.5. The molecule has 0 aromatic heterocycles. The predicted octanol–water partition coefficient (Wildman–Crippen LogP) is 16.0. The second kappa shape index (κ2) is 62.5. The standard InChI is InChI=1S/2C52H84N4O8.C2H6.CH3NO2/c2*1-35(2)25-45-49(57)61-39(9)31-53(11)48(28-38(7)8)52(60)64-44(30-42-23-19-16-20-24-42)34-56(14)46(26-36(3)4)50(58)62-40(10)32-54(12)47(27-37(5)6)51(59)63-43(33-55(45)13)29-41-21-17-15-18-22-41;1-2;1-2(3)4/h2*15-24,35-40,43-48H,25-34H2,1-14H3;1-2H3;1H3/t2*39-,40-,43-,44-,45+,46+,47+,48+;;/m11../s1. The van der Waals surface area contributed by atoms with Gasteiger partial charge in [-0.1, -0.05) is 246 Å². The fourth-order valence-corrected chi connectivity index (χ4v) is 17.5. The zero-order chi connectivity index (χ0) is 101. The molecule has 0 radical (unpaired) electrons. The molecule has 134 heavy (non-hydrogen) atoms. The molecule has 0 N–H and O–H groups in total. The Hall–Kier alpha value is -8.28. The normalized spacial score (nSPS) is 26.1. The van der Waals surface area contributed by atoms with Crippen LogP contribution in [-0.2, 0) is 102 Å². The lowest BCUT2D eigenvalue weighted by Crippen LogP contribution is -2.51. The fraction of sp³-hybridized carbons (Fsp3) is 0.701. The molecule has 0 bridgehead atoms. The first-order chi connectivity index (χ1) is 63.0. The van der Waals surface area contributed by atoms with E-state index in [1.54, 1.807) is 0 Å². The van der Waals surface area contributed by atoms with Crippen molar-refractivity contribution >= 4 is 47.8 Å². The number of hydrogen-bond acceptors (Lipinski definition) is 26. The van der Waals surface area contributed by atoms with Gasteiger partial charge in [0.25, 0.3) is 0 Å². The van der Waals surface area contributed by atoms with Crippen LogP contribution in [0.5, 0.6) is 0 Å². The van der Waals surface area contributed by atoms with E-state index >= 15 is 0 Å².